The molecule has 1 aromatic rings. The van der Waals surface area contributed by atoms with Gasteiger partial charge < -0.3 is 19.7 Å². The minimum Gasteiger partial charge on any atom is -0.480 e. The maximum absolute atomic E-state index is 12.1. The summed E-state index contributed by atoms with van der Waals surface area (Å²) in [6.07, 6.45) is 1.22. The van der Waals surface area contributed by atoms with Crippen LogP contribution in [0.2, 0.25) is 0 Å². The predicted molar refractivity (Wildman–Crippen MR) is 72.4 cm³/mol. The van der Waals surface area contributed by atoms with E-state index in [4.69, 9.17) is 5.11 Å². The molecule has 0 aliphatic heterocycles. The fourth-order valence-corrected chi connectivity index (χ4v) is 2.86. The van der Waals surface area contributed by atoms with Gasteiger partial charge in [0, 0.05) is 27.4 Å². The Labute approximate surface area is 121 Å². The third-order valence-electron chi connectivity index (χ3n) is 2.68. The summed E-state index contributed by atoms with van der Waals surface area (Å²) in [6, 6.07) is -0.254. The molecule has 0 aliphatic carbocycles. The van der Waals surface area contributed by atoms with Crippen molar-refractivity contribution in [2.45, 2.75) is 10.9 Å². The largest absolute Gasteiger partial charge is 0.480 e. The van der Waals surface area contributed by atoms with Crippen molar-refractivity contribution in [3.05, 3.63) is 18.0 Å². The first-order valence-corrected chi connectivity index (χ1v) is 7.33. The summed E-state index contributed by atoms with van der Waals surface area (Å²) in [4.78, 5) is 22.3. The lowest BCUT2D eigenvalue weighted by molar-refractivity contribution is -0.140. The predicted octanol–water partition coefficient (Wildman–Crippen LogP) is -1.24. The van der Waals surface area contributed by atoms with Crippen molar-refractivity contribution in [2.24, 2.45) is 7.05 Å². The van der Waals surface area contributed by atoms with Gasteiger partial charge in [-0.2, -0.15) is 4.72 Å². The van der Waals surface area contributed by atoms with Gasteiger partial charge in [0.25, 0.3) is 5.91 Å². The third kappa shape index (κ3) is 4.03. The maximum Gasteiger partial charge on any atom is 0.324 e. The van der Waals surface area contributed by atoms with Crippen LogP contribution >= 0.6 is 0 Å². The molecular formula is C11H17N3O6S. The fraction of sp³-hybridized carbons (Fsp3) is 0.455. The van der Waals surface area contributed by atoms with Crippen LogP contribution in [0.15, 0.2) is 17.2 Å². The first-order chi connectivity index (χ1) is 9.72. The Morgan fingerprint density at radius 3 is 2.57 bits per heavy atom. The smallest absolute Gasteiger partial charge is 0.324 e. The Hall–Kier alpha value is -1.91. The summed E-state index contributed by atoms with van der Waals surface area (Å²) in [5.41, 5.74) is 0.136. The second kappa shape index (κ2) is 6.70. The number of nitrogens with zero attached hydrogens (tertiary/aromatic N) is 1. The molecule has 0 radical (unpaired) electrons. The third-order valence-corrected chi connectivity index (χ3v) is 4.12. The first kappa shape index (κ1) is 17.1. The van der Waals surface area contributed by atoms with Gasteiger partial charge in [0.1, 0.15) is 16.6 Å². The van der Waals surface area contributed by atoms with Crippen molar-refractivity contribution in [3.63, 3.8) is 0 Å². The van der Waals surface area contributed by atoms with Crippen molar-refractivity contribution >= 4 is 21.9 Å². The molecule has 0 spiro atoms. The standard InChI is InChI=1S/C11H17N3O6S/c1-12-10(15)9-4-7(5-14(9)2)21(18,19)13-8(6-20-3)11(16)17/h4-5,8,13H,6H2,1-3H3,(H,12,15)(H,16,17). The van der Waals surface area contributed by atoms with Crippen molar-refractivity contribution in [1.82, 2.24) is 14.6 Å². The number of sulfonamides is 1. The molecule has 0 aliphatic rings. The monoisotopic (exact) mass is 319 g/mol. The summed E-state index contributed by atoms with van der Waals surface area (Å²) < 4.78 is 32.2. The zero-order valence-electron chi connectivity index (χ0n) is 11.8. The number of aromatic nitrogens is 1. The zero-order chi connectivity index (χ0) is 16.2. The molecular weight excluding hydrogens is 302 g/mol. The second-order valence-electron chi connectivity index (χ2n) is 4.22. The van der Waals surface area contributed by atoms with Crippen molar-refractivity contribution in [1.29, 1.82) is 0 Å². The Kier molecular flexibility index (Phi) is 5.47. The Morgan fingerprint density at radius 2 is 2.10 bits per heavy atom. The first-order valence-electron chi connectivity index (χ1n) is 5.85. The highest BCUT2D eigenvalue weighted by Crippen LogP contribution is 2.14. The van der Waals surface area contributed by atoms with Gasteiger partial charge in [0.15, 0.2) is 0 Å². The van der Waals surface area contributed by atoms with Crippen molar-refractivity contribution in [3.8, 4) is 0 Å². The number of carbonyl (C=O) groups is 2. The SMILES string of the molecule is CNC(=O)c1cc(S(=O)(=O)NC(COC)C(=O)O)cn1C. The van der Waals surface area contributed by atoms with E-state index >= 15 is 0 Å². The van der Waals surface area contributed by atoms with Gasteiger partial charge in [-0.1, -0.05) is 0 Å². The van der Waals surface area contributed by atoms with E-state index in [0.29, 0.717) is 0 Å². The highest BCUT2D eigenvalue weighted by atomic mass is 32.2. The van der Waals surface area contributed by atoms with Gasteiger partial charge >= 0.3 is 5.97 Å². The minimum absolute atomic E-state index is 0.136. The van der Waals surface area contributed by atoms with Crippen LogP contribution in [0.5, 0.6) is 0 Å². The molecule has 118 valence electrons. The number of rotatable bonds is 7. The van der Waals surface area contributed by atoms with E-state index in [1.807, 2.05) is 4.72 Å². The lowest BCUT2D eigenvalue weighted by Crippen LogP contribution is -2.43. The van der Waals surface area contributed by atoms with Crippen LogP contribution in [0.1, 0.15) is 10.5 Å². The number of hydrogen-bond donors (Lipinski definition) is 3. The van der Waals surface area contributed by atoms with E-state index in [1.165, 1.54) is 32.0 Å². The molecule has 0 aromatic carbocycles. The number of ether oxygens (including phenoxy) is 1. The highest BCUT2D eigenvalue weighted by Gasteiger charge is 2.27. The number of amides is 1. The topological polar surface area (TPSA) is 127 Å². The van der Waals surface area contributed by atoms with Gasteiger partial charge in [-0.15, -0.1) is 0 Å². The molecule has 1 aromatic heterocycles. The maximum atomic E-state index is 12.1. The summed E-state index contributed by atoms with van der Waals surface area (Å²) in [5.74, 6) is -1.81. The number of hydrogen-bond acceptors (Lipinski definition) is 5. The number of carboxylic acid groups (broad SMARTS) is 1. The van der Waals surface area contributed by atoms with Crippen LogP contribution in [0.3, 0.4) is 0 Å². The molecule has 0 bridgehead atoms. The molecule has 0 saturated heterocycles. The van der Waals surface area contributed by atoms with E-state index in [-0.39, 0.29) is 17.2 Å². The summed E-state index contributed by atoms with van der Waals surface area (Å²) in [6.45, 7) is -0.316. The summed E-state index contributed by atoms with van der Waals surface area (Å²) in [7, 11) is 0.103. The zero-order valence-corrected chi connectivity index (χ0v) is 12.6. The Balaban J connectivity index is 3.08. The van der Waals surface area contributed by atoms with Crippen LogP contribution in [-0.4, -0.2) is 56.8 Å². The number of aliphatic carboxylic acids is 1. The summed E-state index contributed by atoms with van der Waals surface area (Å²) in [5, 5.41) is 11.3. The van der Waals surface area contributed by atoms with Crippen LogP contribution in [0.4, 0.5) is 0 Å². The van der Waals surface area contributed by atoms with Crippen LogP contribution in [-0.2, 0) is 26.6 Å². The molecule has 1 rings (SSSR count). The second-order valence-corrected chi connectivity index (χ2v) is 5.93. The van der Waals surface area contributed by atoms with E-state index in [2.05, 4.69) is 10.1 Å². The van der Waals surface area contributed by atoms with Gasteiger partial charge in [-0.25, -0.2) is 8.42 Å². The Morgan fingerprint density at radius 1 is 1.48 bits per heavy atom. The molecule has 21 heavy (non-hydrogen) atoms. The van der Waals surface area contributed by atoms with E-state index in [0.717, 1.165) is 6.07 Å². The molecule has 1 heterocycles. The van der Waals surface area contributed by atoms with Crippen molar-refractivity contribution in [2.75, 3.05) is 20.8 Å². The molecule has 10 heteroatoms. The summed E-state index contributed by atoms with van der Waals surface area (Å²) >= 11 is 0. The number of carbonyl (C=O) groups excluding carboxylic acids is 1. The molecule has 1 unspecified atom stereocenters. The minimum atomic E-state index is -4.08. The number of aryl methyl sites for hydroxylation is 1. The Bertz CT molecular complexity index is 636. The lowest BCUT2D eigenvalue weighted by atomic mass is 10.3. The average molecular weight is 319 g/mol. The number of methoxy groups -OCH3 is 1. The highest BCUT2D eigenvalue weighted by molar-refractivity contribution is 7.89. The van der Waals surface area contributed by atoms with Gasteiger partial charge in [0.2, 0.25) is 10.0 Å². The van der Waals surface area contributed by atoms with Gasteiger partial charge in [0.05, 0.1) is 6.61 Å². The molecule has 0 saturated carbocycles. The van der Waals surface area contributed by atoms with E-state index in [9.17, 15) is 18.0 Å². The molecule has 1 atom stereocenters. The van der Waals surface area contributed by atoms with Crippen LogP contribution in [0.25, 0.3) is 0 Å². The van der Waals surface area contributed by atoms with Crippen molar-refractivity contribution < 1.29 is 27.9 Å². The van der Waals surface area contributed by atoms with E-state index < -0.39 is 27.9 Å². The molecule has 0 fully saturated rings. The quantitative estimate of drug-likeness (QED) is 0.577. The molecule has 1 amide bonds. The van der Waals surface area contributed by atoms with E-state index in [1.54, 1.807) is 0 Å². The fourth-order valence-electron chi connectivity index (χ4n) is 1.61. The van der Waals surface area contributed by atoms with Gasteiger partial charge in [-0.05, 0) is 6.07 Å². The van der Waals surface area contributed by atoms with Crippen LogP contribution in [0, 0.1) is 0 Å². The average Bonchev–Trinajstić information content (AvgIpc) is 2.80. The number of nitrogens with one attached hydrogen (secondary N) is 2. The molecule has 3 N–H and O–H groups in total. The van der Waals surface area contributed by atoms with Gasteiger partial charge in [-0.3, -0.25) is 9.59 Å². The normalized spacial score (nSPS) is 12.9. The lowest BCUT2D eigenvalue weighted by Gasteiger charge is -2.12. The number of carboxylic acids is 1. The molecule has 9 nitrogen and oxygen atoms in total. The van der Waals surface area contributed by atoms with Crippen LogP contribution < -0.4 is 10.0 Å².